The third-order valence-corrected chi connectivity index (χ3v) is 4.35. The average molecular weight is 300 g/mol. The van der Waals surface area contributed by atoms with Gasteiger partial charge in [-0.3, -0.25) is 4.79 Å². The Labute approximate surface area is 124 Å². The zero-order chi connectivity index (χ0) is 14.8. The van der Waals surface area contributed by atoms with Gasteiger partial charge >= 0.3 is 0 Å². The molecule has 1 heterocycles. The van der Waals surface area contributed by atoms with E-state index in [0.717, 1.165) is 12.8 Å². The zero-order valence-corrected chi connectivity index (χ0v) is 12.8. The number of hydrogen-bond acceptors (Lipinski definition) is 4. The molecule has 1 aliphatic rings. The molecular weight excluding hydrogens is 278 g/mol. The topological polar surface area (TPSA) is 67.2 Å². The minimum absolute atomic E-state index is 0.212. The molecule has 0 amide bonds. The van der Waals surface area contributed by atoms with Crippen LogP contribution in [-0.2, 0) is 6.54 Å². The Morgan fingerprint density at radius 2 is 2.30 bits per heavy atom. The molecular formula is C14H22ClN3O2. The SMILES string of the molecule is CCC(C)(O)CNc1c(Cl)cnn(CC2CCC2)c1=O. The first-order valence-corrected chi connectivity index (χ1v) is 7.52. The summed E-state index contributed by atoms with van der Waals surface area (Å²) in [5.41, 5.74) is -0.747. The second kappa shape index (κ2) is 6.14. The Bertz CT molecular complexity index is 524. The first-order valence-electron chi connectivity index (χ1n) is 7.15. The van der Waals surface area contributed by atoms with E-state index in [1.165, 1.54) is 17.3 Å². The highest BCUT2D eigenvalue weighted by molar-refractivity contribution is 6.32. The van der Waals surface area contributed by atoms with Crippen molar-refractivity contribution in [1.29, 1.82) is 0 Å². The van der Waals surface area contributed by atoms with Crippen molar-refractivity contribution in [3.05, 3.63) is 21.6 Å². The van der Waals surface area contributed by atoms with Crippen molar-refractivity contribution in [3.63, 3.8) is 0 Å². The highest BCUT2D eigenvalue weighted by Crippen LogP contribution is 2.27. The second-order valence-corrected chi connectivity index (χ2v) is 6.26. The van der Waals surface area contributed by atoms with E-state index in [-0.39, 0.29) is 12.1 Å². The number of nitrogens with zero attached hydrogens (tertiary/aromatic N) is 2. The molecule has 0 spiro atoms. The molecule has 5 nitrogen and oxygen atoms in total. The largest absolute Gasteiger partial charge is 0.388 e. The van der Waals surface area contributed by atoms with Crippen LogP contribution in [-0.4, -0.2) is 27.0 Å². The van der Waals surface area contributed by atoms with Crippen molar-refractivity contribution in [2.24, 2.45) is 5.92 Å². The number of aromatic nitrogens is 2. The van der Waals surface area contributed by atoms with Crippen molar-refractivity contribution >= 4 is 17.3 Å². The van der Waals surface area contributed by atoms with Crippen molar-refractivity contribution in [1.82, 2.24) is 9.78 Å². The predicted molar refractivity (Wildman–Crippen MR) is 80.3 cm³/mol. The van der Waals surface area contributed by atoms with Gasteiger partial charge in [-0.1, -0.05) is 24.9 Å². The minimum Gasteiger partial charge on any atom is -0.388 e. The molecule has 1 aromatic heterocycles. The summed E-state index contributed by atoms with van der Waals surface area (Å²) in [4.78, 5) is 12.3. The smallest absolute Gasteiger partial charge is 0.291 e. The lowest BCUT2D eigenvalue weighted by Crippen LogP contribution is -2.36. The maximum absolute atomic E-state index is 12.3. The Morgan fingerprint density at radius 3 is 2.85 bits per heavy atom. The molecule has 1 unspecified atom stereocenters. The molecule has 20 heavy (non-hydrogen) atoms. The van der Waals surface area contributed by atoms with Crippen molar-refractivity contribution in [3.8, 4) is 0 Å². The van der Waals surface area contributed by atoms with Gasteiger partial charge in [0.25, 0.3) is 5.56 Å². The summed E-state index contributed by atoms with van der Waals surface area (Å²) < 4.78 is 1.47. The van der Waals surface area contributed by atoms with Crippen LogP contribution < -0.4 is 10.9 Å². The first kappa shape index (κ1) is 15.3. The molecule has 112 valence electrons. The summed E-state index contributed by atoms with van der Waals surface area (Å²) in [6.07, 6.45) is 5.63. The highest BCUT2D eigenvalue weighted by Gasteiger charge is 2.22. The molecule has 1 fully saturated rings. The fourth-order valence-corrected chi connectivity index (χ4v) is 2.27. The molecule has 1 atom stereocenters. The van der Waals surface area contributed by atoms with Crippen LogP contribution in [0.1, 0.15) is 39.5 Å². The van der Waals surface area contributed by atoms with E-state index >= 15 is 0 Å². The molecule has 1 saturated carbocycles. The van der Waals surface area contributed by atoms with Gasteiger partial charge in [-0.15, -0.1) is 0 Å². The van der Waals surface area contributed by atoms with Crippen LogP contribution in [0.2, 0.25) is 5.02 Å². The lowest BCUT2D eigenvalue weighted by Gasteiger charge is -2.26. The van der Waals surface area contributed by atoms with Crippen LogP contribution in [0.25, 0.3) is 0 Å². The maximum atomic E-state index is 12.3. The fourth-order valence-electron chi connectivity index (χ4n) is 2.08. The Hall–Kier alpha value is -1.07. The molecule has 2 N–H and O–H groups in total. The maximum Gasteiger partial charge on any atom is 0.291 e. The van der Waals surface area contributed by atoms with Gasteiger partial charge in [-0.05, 0) is 32.1 Å². The number of anilines is 1. The molecule has 0 aromatic carbocycles. The van der Waals surface area contributed by atoms with Gasteiger partial charge in [0, 0.05) is 13.1 Å². The van der Waals surface area contributed by atoms with Gasteiger partial charge in [0.15, 0.2) is 0 Å². The van der Waals surface area contributed by atoms with Crippen molar-refractivity contribution in [2.45, 2.75) is 51.7 Å². The standard InChI is InChI=1S/C14H22ClN3O2/c1-3-14(2,20)9-16-12-11(15)7-17-18(13(12)19)8-10-5-4-6-10/h7,10,16,20H,3-6,8-9H2,1-2H3. The van der Waals surface area contributed by atoms with Gasteiger partial charge in [0.05, 0.1) is 16.8 Å². The monoisotopic (exact) mass is 299 g/mol. The van der Waals surface area contributed by atoms with Crippen LogP contribution in [0.15, 0.2) is 11.0 Å². The van der Waals surface area contributed by atoms with Crippen LogP contribution in [0.5, 0.6) is 0 Å². The quantitative estimate of drug-likeness (QED) is 0.845. The summed E-state index contributed by atoms with van der Waals surface area (Å²) in [6, 6.07) is 0. The van der Waals surface area contributed by atoms with E-state index in [9.17, 15) is 9.90 Å². The minimum atomic E-state index is -0.863. The fraction of sp³-hybridized carbons (Fsp3) is 0.714. The van der Waals surface area contributed by atoms with E-state index in [1.807, 2.05) is 6.92 Å². The van der Waals surface area contributed by atoms with E-state index in [1.54, 1.807) is 6.92 Å². The molecule has 0 saturated heterocycles. The van der Waals surface area contributed by atoms with Gasteiger partial charge in [-0.2, -0.15) is 5.10 Å². The van der Waals surface area contributed by atoms with Crippen LogP contribution >= 0.6 is 11.6 Å². The summed E-state index contributed by atoms with van der Waals surface area (Å²) in [7, 11) is 0. The Balaban J connectivity index is 2.14. The first-order chi connectivity index (χ1) is 9.43. The zero-order valence-electron chi connectivity index (χ0n) is 12.0. The van der Waals surface area contributed by atoms with E-state index in [2.05, 4.69) is 10.4 Å². The number of hydrogen-bond donors (Lipinski definition) is 2. The van der Waals surface area contributed by atoms with E-state index in [0.29, 0.717) is 29.6 Å². The van der Waals surface area contributed by atoms with Crippen LogP contribution in [0.3, 0.4) is 0 Å². The molecule has 1 aromatic rings. The van der Waals surface area contributed by atoms with Gasteiger partial charge in [-0.25, -0.2) is 4.68 Å². The summed E-state index contributed by atoms with van der Waals surface area (Å²) in [5.74, 6) is 0.549. The lowest BCUT2D eigenvalue weighted by molar-refractivity contribution is 0.0697. The molecule has 0 radical (unpaired) electrons. The lowest BCUT2D eigenvalue weighted by atomic mass is 9.85. The van der Waals surface area contributed by atoms with Gasteiger partial charge in [0.2, 0.25) is 0 Å². The van der Waals surface area contributed by atoms with Crippen molar-refractivity contribution < 1.29 is 5.11 Å². The molecule has 0 bridgehead atoms. The molecule has 2 rings (SSSR count). The van der Waals surface area contributed by atoms with E-state index < -0.39 is 5.60 Å². The third kappa shape index (κ3) is 3.52. The van der Waals surface area contributed by atoms with Gasteiger partial charge in [0.1, 0.15) is 5.69 Å². The molecule has 0 aliphatic heterocycles. The van der Waals surface area contributed by atoms with E-state index in [4.69, 9.17) is 11.6 Å². The Morgan fingerprint density at radius 1 is 1.60 bits per heavy atom. The number of rotatable bonds is 6. The second-order valence-electron chi connectivity index (χ2n) is 5.86. The van der Waals surface area contributed by atoms with Crippen LogP contribution in [0.4, 0.5) is 5.69 Å². The predicted octanol–water partition coefficient (Wildman–Crippen LogP) is 2.27. The van der Waals surface area contributed by atoms with Crippen molar-refractivity contribution in [2.75, 3.05) is 11.9 Å². The number of nitrogens with one attached hydrogen (secondary N) is 1. The summed E-state index contributed by atoms with van der Waals surface area (Å²) in [5, 5.41) is 17.4. The Kier molecular flexibility index (Phi) is 4.70. The normalized spacial score (nSPS) is 18.4. The molecule has 1 aliphatic carbocycles. The highest BCUT2D eigenvalue weighted by atomic mass is 35.5. The number of halogens is 1. The third-order valence-electron chi connectivity index (χ3n) is 4.06. The summed E-state index contributed by atoms with van der Waals surface area (Å²) >= 11 is 6.04. The summed E-state index contributed by atoms with van der Waals surface area (Å²) in [6.45, 7) is 4.55. The van der Waals surface area contributed by atoms with Crippen LogP contribution in [0, 0.1) is 5.92 Å². The molecule has 6 heteroatoms. The number of aliphatic hydroxyl groups is 1. The van der Waals surface area contributed by atoms with Gasteiger partial charge < -0.3 is 10.4 Å². The average Bonchev–Trinajstić information content (AvgIpc) is 2.35.